The Bertz CT molecular complexity index is 1400. The average molecular weight is 454 g/mol. The van der Waals surface area contributed by atoms with Crippen molar-refractivity contribution in [3.05, 3.63) is 59.7 Å². The Hall–Kier alpha value is -4.96. The molecule has 2 heterocycles. The number of hydrogen-bond donors (Lipinski definition) is 3. The van der Waals surface area contributed by atoms with Gasteiger partial charge in [-0.05, 0) is 62.4 Å². The van der Waals surface area contributed by atoms with Crippen molar-refractivity contribution in [1.82, 2.24) is 14.6 Å². The summed E-state index contributed by atoms with van der Waals surface area (Å²) in [5.74, 6) is 2.03. The second kappa shape index (κ2) is 9.67. The predicted octanol–water partition coefficient (Wildman–Crippen LogP) is 4.34. The van der Waals surface area contributed by atoms with Crippen LogP contribution in [0.1, 0.15) is 25.0 Å². The van der Waals surface area contributed by atoms with Crippen molar-refractivity contribution in [1.29, 1.82) is 10.5 Å². The van der Waals surface area contributed by atoms with Gasteiger partial charge in [0.2, 0.25) is 0 Å². The Morgan fingerprint density at radius 2 is 1.38 bits per heavy atom. The zero-order chi connectivity index (χ0) is 24.1. The van der Waals surface area contributed by atoms with E-state index >= 15 is 0 Å². The number of hydrogen-bond acceptors (Lipinski definition) is 9. The van der Waals surface area contributed by atoms with Gasteiger partial charge in [0.05, 0.1) is 13.2 Å². The molecule has 0 spiro atoms. The number of ether oxygens (including phenoxy) is 2. The molecule has 2 aromatic carbocycles. The van der Waals surface area contributed by atoms with Gasteiger partial charge in [0, 0.05) is 11.4 Å². The summed E-state index contributed by atoms with van der Waals surface area (Å²) in [5.41, 5.74) is 7.99. The van der Waals surface area contributed by atoms with Gasteiger partial charge in [0.1, 0.15) is 40.6 Å². The van der Waals surface area contributed by atoms with Crippen molar-refractivity contribution in [2.75, 3.05) is 29.6 Å². The smallest absolute Gasteiger partial charge is 0.179 e. The molecule has 0 radical (unpaired) electrons. The number of rotatable bonds is 8. The van der Waals surface area contributed by atoms with E-state index in [2.05, 4.69) is 32.9 Å². The highest BCUT2D eigenvalue weighted by Crippen LogP contribution is 2.31. The minimum atomic E-state index is -0.00699. The van der Waals surface area contributed by atoms with Crippen LogP contribution in [0.3, 0.4) is 0 Å². The van der Waals surface area contributed by atoms with Gasteiger partial charge in [-0.25, -0.2) is 4.98 Å². The van der Waals surface area contributed by atoms with Gasteiger partial charge in [-0.3, -0.25) is 0 Å². The molecule has 0 saturated heterocycles. The first kappa shape index (κ1) is 22.2. The Kier molecular flexibility index (Phi) is 6.33. The van der Waals surface area contributed by atoms with Crippen LogP contribution < -0.4 is 25.8 Å². The molecule has 4 aromatic rings. The van der Waals surface area contributed by atoms with Crippen LogP contribution >= 0.6 is 0 Å². The van der Waals surface area contributed by atoms with Crippen molar-refractivity contribution in [3.63, 3.8) is 0 Å². The fourth-order valence-electron chi connectivity index (χ4n) is 3.36. The number of nitrogens with one attached hydrogen (secondary N) is 2. The normalized spacial score (nSPS) is 10.4. The molecular weight excluding hydrogens is 432 g/mol. The van der Waals surface area contributed by atoms with Crippen LogP contribution in [0, 0.1) is 22.7 Å². The number of nitrogens with zero attached hydrogens (tertiary/aromatic N) is 5. The number of nitriles is 2. The highest BCUT2D eigenvalue weighted by atomic mass is 16.5. The van der Waals surface area contributed by atoms with E-state index in [1.807, 2.05) is 62.4 Å². The molecular formula is C24H22N8O2. The molecule has 0 unspecified atom stereocenters. The van der Waals surface area contributed by atoms with Crippen LogP contribution in [0.25, 0.3) is 5.65 Å². The van der Waals surface area contributed by atoms with Crippen molar-refractivity contribution < 1.29 is 9.47 Å². The number of anilines is 5. The monoisotopic (exact) mass is 454 g/mol. The van der Waals surface area contributed by atoms with Gasteiger partial charge in [-0.15, -0.1) is 5.10 Å². The molecule has 10 heteroatoms. The van der Waals surface area contributed by atoms with E-state index in [4.69, 9.17) is 15.2 Å². The summed E-state index contributed by atoms with van der Waals surface area (Å²) in [6, 6.07) is 18.7. The molecule has 4 N–H and O–H groups in total. The fraction of sp³-hybridized carbons (Fsp3) is 0.167. The number of benzene rings is 2. The first-order chi connectivity index (χ1) is 16.6. The van der Waals surface area contributed by atoms with Crippen molar-refractivity contribution in [2.24, 2.45) is 0 Å². The minimum Gasteiger partial charge on any atom is -0.494 e. The summed E-state index contributed by atoms with van der Waals surface area (Å²) in [6.07, 6.45) is 0. The lowest BCUT2D eigenvalue weighted by atomic mass is 10.2. The molecule has 0 fully saturated rings. The zero-order valence-corrected chi connectivity index (χ0v) is 18.7. The minimum absolute atomic E-state index is 0.00699. The first-order valence-corrected chi connectivity index (χ1v) is 10.6. The molecule has 0 aliphatic rings. The molecule has 0 saturated carbocycles. The highest BCUT2D eigenvalue weighted by Gasteiger charge is 2.21. The lowest BCUT2D eigenvalue weighted by molar-refractivity contribution is 0.340. The van der Waals surface area contributed by atoms with Crippen LogP contribution in [-0.2, 0) is 0 Å². The van der Waals surface area contributed by atoms with Crippen LogP contribution in [0.5, 0.6) is 11.5 Å². The Labute approximate surface area is 196 Å². The standard InChI is InChI=1S/C24H22N8O2/c1-3-33-17-9-5-15(6-10-17)28-22-20(14-26)24-30-21(27)19(13-25)23(32(24)31-22)29-16-7-11-18(12-8-16)34-4-2/h5-12,29H,3-4H2,1-2H3,(H2,27,30)(H,28,31). The van der Waals surface area contributed by atoms with E-state index in [1.54, 1.807) is 0 Å². The van der Waals surface area contributed by atoms with Crippen LogP contribution in [0.2, 0.25) is 0 Å². The van der Waals surface area contributed by atoms with E-state index < -0.39 is 0 Å². The van der Waals surface area contributed by atoms with E-state index in [-0.39, 0.29) is 28.4 Å². The van der Waals surface area contributed by atoms with E-state index in [1.165, 1.54) is 4.52 Å². The van der Waals surface area contributed by atoms with Crippen LogP contribution in [0.4, 0.5) is 28.8 Å². The molecule has 0 bridgehead atoms. The van der Waals surface area contributed by atoms with Gasteiger partial charge in [-0.1, -0.05) is 0 Å². The number of fused-ring (bicyclic) bond motifs is 1. The number of aromatic nitrogens is 3. The largest absolute Gasteiger partial charge is 0.494 e. The van der Waals surface area contributed by atoms with Crippen molar-refractivity contribution >= 4 is 34.5 Å². The highest BCUT2D eigenvalue weighted by molar-refractivity contribution is 5.79. The number of nitrogen functional groups attached to an aromatic ring is 1. The van der Waals surface area contributed by atoms with Crippen LogP contribution in [-0.4, -0.2) is 27.8 Å². The van der Waals surface area contributed by atoms with Gasteiger partial charge in [0.15, 0.2) is 17.3 Å². The second-order valence-electron chi connectivity index (χ2n) is 7.07. The Balaban J connectivity index is 1.76. The zero-order valence-electron chi connectivity index (χ0n) is 18.7. The van der Waals surface area contributed by atoms with Crippen LogP contribution in [0.15, 0.2) is 48.5 Å². The van der Waals surface area contributed by atoms with E-state index in [0.717, 1.165) is 11.5 Å². The maximum atomic E-state index is 9.83. The second-order valence-corrected chi connectivity index (χ2v) is 7.07. The maximum Gasteiger partial charge on any atom is 0.179 e. The first-order valence-electron chi connectivity index (χ1n) is 10.6. The lowest BCUT2D eigenvalue weighted by Gasteiger charge is -2.12. The quantitative estimate of drug-likeness (QED) is 0.354. The summed E-state index contributed by atoms with van der Waals surface area (Å²) in [6.45, 7) is 4.94. The summed E-state index contributed by atoms with van der Waals surface area (Å²) in [7, 11) is 0. The molecule has 0 atom stereocenters. The van der Waals surface area contributed by atoms with Gasteiger partial charge in [0.25, 0.3) is 0 Å². The summed E-state index contributed by atoms with van der Waals surface area (Å²) < 4.78 is 12.3. The van der Waals surface area contributed by atoms with E-state index in [0.29, 0.717) is 30.4 Å². The Morgan fingerprint density at radius 1 is 0.853 bits per heavy atom. The van der Waals surface area contributed by atoms with E-state index in [9.17, 15) is 10.5 Å². The van der Waals surface area contributed by atoms with Gasteiger partial charge in [-0.2, -0.15) is 15.0 Å². The molecule has 0 aliphatic heterocycles. The molecule has 2 aromatic heterocycles. The molecule has 4 rings (SSSR count). The topological polar surface area (TPSA) is 146 Å². The molecule has 34 heavy (non-hydrogen) atoms. The molecule has 0 amide bonds. The molecule has 0 aliphatic carbocycles. The molecule has 170 valence electrons. The maximum absolute atomic E-state index is 9.83. The lowest BCUT2D eigenvalue weighted by Crippen LogP contribution is -2.08. The SMILES string of the molecule is CCOc1ccc(Nc2nn3c(Nc4ccc(OCC)cc4)c(C#N)c(N)nc3c2C#N)cc1. The Morgan fingerprint density at radius 3 is 1.88 bits per heavy atom. The van der Waals surface area contributed by atoms with Crippen molar-refractivity contribution in [3.8, 4) is 23.6 Å². The fourth-order valence-corrected chi connectivity index (χ4v) is 3.36. The van der Waals surface area contributed by atoms with Crippen molar-refractivity contribution in [2.45, 2.75) is 13.8 Å². The number of nitrogens with two attached hydrogens (primary N) is 1. The average Bonchev–Trinajstić information content (AvgIpc) is 3.18. The van der Waals surface area contributed by atoms with Gasteiger partial charge >= 0.3 is 0 Å². The summed E-state index contributed by atoms with van der Waals surface area (Å²) >= 11 is 0. The summed E-state index contributed by atoms with van der Waals surface area (Å²) in [5, 5.41) is 30.4. The molecule has 10 nitrogen and oxygen atoms in total. The third-order valence-electron chi connectivity index (χ3n) is 4.87. The third-order valence-corrected chi connectivity index (χ3v) is 4.87. The van der Waals surface area contributed by atoms with Gasteiger partial charge < -0.3 is 25.8 Å². The summed E-state index contributed by atoms with van der Waals surface area (Å²) in [4.78, 5) is 4.27. The third kappa shape index (κ3) is 4.33. The predicted molar refractivity (Wildman–Crippen MR) is 129 cm³/mol.